The fourth-order valence-corrected chi connectivity index (χ4v) is 4.57. The third-order valence-electron chi connectivity index (χ3n) is 5.97. The number of hydrogen-bond donors (Lipinski definition) is 1. The van der Waals surface area contributed by atoms with Crippen molar-refractivity contribution in [3.05, 3.63) is 70.5 Å². The van der Waals surface area contributed by atoms with E-state index in [1.807, 2.05) is 12.1 Å². The van der Waals surface area contributed by atoms with Gasteiger partial charge in [0, 0.05) is 44.7 Å². The van der Waals surface area contributed by atoms with Crippen LogP contribution in [0.3, 0.4) is 0 Å². The Morgan fingerprint density at radius 1 is 1.00 bits per heavy atom. The Hall–Kier alpha value is -1.75. The molecule has 1 fully saturated rings. The first kappa shape index (κ1) is 17.7. The Labute approximate surface area is 155 Å². The molecule has 26 heavy (non-hydrogen) atoms. The van der Waals surface area contributed by atoms with Gasteiger partial charge in [-0.2, -0.15) is 0 Å². The van der Waals surface area contributed by atoms with Gasteiger partial charge in [-0.15, -0.1) is 0 Å². The van der Waals surface area contributed by atoms with E-state index in [2.05, 4.69) is 34.9 Å². The molecule has 0 aromatic heterocycles. The van der Waals surface area contributed by atoms with Gasteiger partial charge >= 0.3 is 0 Å². The number of hydrogen-bond acceptors (Lipinski definition) is 3. The van der Waals surface area contributed by atoms with Gasteiger partial charge in [0.2, 0.25) is 0 Å². The lowest BCUT2D eigenvalue weighted by Gasteiger charge is -2.38. The molecule has 4 rings (SSSR count). The van der Waals surface area contributed by atoms with Gasteiger partial charge in [-0.3, -0.25) is 9.80 Å². The molecule has 0 amide bonds. The van der Waals surface area contributed by atoms with E-state index in [-0.39, 0.29) is 12.4 Å². The SMILES string of the molecule is Cc1ccc2c(c1)[C@@H](N1CCN(CCO)CC1)C[C@@H]2c1ccc(F)cc1. The molecule has 1 saturated heterocycles. The molecule has 0 radical (unpaired) electrons. The quantitative estimate of drug-likeness (QED) is 0.912. The Kier molecular flexibility index (Phi) is 5.07. The van der Waals surface area contributed by atoms with Gasteiger partial charge in [0.05, 0.1) is 6.61 Å². The van der Waals surface area contributed by atoms with E-state index in [9.17, 15) is 4.39 Å². The van der Waals surface area contributed by atoms with Gasteiger partial charge in [-0.25, -0.2) is 4.39 Å². The Morgan fingerprint density at radius 3 is 2.42 bits per heavy atom. The van der Waals surface area contributed by atoms with Crippen molar-refractivity contribution in [1.29, 1.82) is 0 Å². The standard InChI is InChI=1S/C22H27FN2O/c1-16-2-7-19-20(17-3-5-18(23)6-4-17)15-22(21(19)14-16)25-10-8-24(9-11-25)12-13-26/h2-7,14,20,22,26H,8-13,15H2,1H3/t20-,22+/m1/s1. The summed E-state index contributed by atoms with van der Waals surface area (Å²) < 4.78 is 13.4. The first-order valence-electron chi connectivity index (χ1n) is 9.59. The lowest BCUT2D eigenvalue weighted by Crippen LogP contribution is -2.48. The highest BCUT2D eigenvalue weighted by Crippen LogP contribution is 2.47. The van der Waals surface area contributed by atoms with E-state index in [1.54, 1.807) is 12.1 Å². The molecule has 3 nitrogen and oxygen atoms in total. The average Bonchev–Trinajstić information content (AvgIpc) is 3.02. The van der Waals surface area contributed by atoms with Crippen LogP contribution in [-0.4, -0.2) is 54.2 Å². The van der Waals surface area contributed by atoms with Gasteiger partial charge in [0.1, 0.15) is 5.82 Å². The van der Waals surface area contributed by atoms with E-state index in [4.69, 9.17) is 5.11 Å². The van der Waals surface area contributed by atoms with Crippen LogP contribution >= 0.6 is 0 Å². The molecule has 2 aliphatic rings. The number of fused-ring (bicyclic) bond motifs is 1. The molecule has 1 heterocycles. The smallest absolute Gasteiger partial charge is 0.123 e. The molecule has 138 valence electrons. The number of piperazine rings is 1. The molecule has 2 atom stereocenters. The molecule has 2 aromatic rings. The maximum atomic E-state index is 13.4. The van der Waals surface area contributed by atoms with Crippen molar-refractivity contribution < 1.29 is 9.50 Å². The number of aliphatic hydroxyl groups excluding tert-OH is 1. The monoisotopic (exact) mass is 354 g/mol. The zero-order chi connectivity index (χ0) is 18.1. The molecule has 1 aliphatic carbocycles. The predicted octanol–water partition coefficient (Wildman–Crippen LogP) is 3.32. The highest BCUT2D eigenvalue weighted by atomic mass is 19.1. The minimum atomic E-state index is -0.174. The maximum Gasteiger partial charge on any atom is 0.123 e. The number of halogens is 1. The Morgan fingerprint density at radius 2 is 1.73 bits per heavy atom. The minimum Gasteiger partial charge on any atom is -0.395 e. The van der Waals surface area contributed by atoms with Gasteiger partial charge in [0.25, 0.3) is 0 Å². The van der Waals surface area contributed by atoms with E-state index in [0.29, 0.717) is 12.0 Å². The number of aryl methyl sites for hydroxylation is 1. The zero-order valence-corrected chi connectivity index (χ0v) is 15.4. The highest BCUT2D eigenvalue weighted by molar-refractivity contribution is 5.46. The van der Waals surface area contributed by atoms with Crippen LogP contribution in [0, 0.1) is 12.7 Å². The first-order chi connectivity index (χ1) is 12.7. The summed E-state index contributed by atoms with van der Waals surface area (Å²) in [5.41, 5.74) is 5.34. The van der Waals surface area contributed by atoms with Crippen LogP contribution in [0.1, 0.15) is 40.6 Å². The summed E-state index contributed by atoms with van der Waals surface area (Å²) in [4.78, 5) is 4.93. The summed E-state index contributed by atoms with van der Waals surface area (Å²) in [6.07, 6.45) is 1.06. The molecular formula is C22H27FN2O. The molecule has 4 heteroatoms. The number of β-amino-alcohol motifs (C(OH)–C–C–N with tert-alkyl or cyclic N) is 1. The van der Waals surface area contributed by atoms with Crippen molar-refractivity contribution in [2.45, 2.75) is 25.3 Å². The van der Waals surface area contributed by atoms with Crippen LogP contribution in [0.2, 0.25) is 0 Å². The van der Waals surface area contributed by atoms with Crippen molar-refractivity contribution in [2.24, 2.45) is 0 Å². The van der Waals surface area contributed by atoms with Gasteiger partial charge in [0.15, 0.2) is 0 Å². The van der Waals surface area contributed by atoms with Crippen molar-refractivity contribution in [3.63, 3.8) is 0 Å². The number of rotatable bonds is 4. The van der Waals surface area contributed by atoms with Crippen molar-refractivity contribution >= 4 is 0 Å². The largest absolute Gasteiger partial charge is 0.395 e. The third kappa shape index (κ3) is 3.41. The van der Waals surface area contributed by atoms with Crippen LogP contribution in [0.4, 0.5) is 4.39 Å². The minimum absolute atomic E-state index is 0.174. The van der Waals surface area contributed by atoms with Crippen LogP contribution in [-0.2, 0) is 0 Å². The molecule has 0 saturated carbocycles. The van der Waals surface area contributed by atoms with Crippen LogP contribution in [0.25, 0.3) is 0 Å². The van der Waals surface area contributed by atoms with Crippen LogP contribution < -0.4 is 0 Å². The van der Waals surface area contributed by atoms with Gasteiger partial charge in [-0.1, -0.05) is 35.9 Å². The topological polar surface area (TPSA) is 26.7 Å². The first-order valence-corrected chi connectivity index (χ1v) is 9.59. The average molecular weight is 354 g/mol. The third-order valence-corrected chi connectivity index (χ3v) is 5.97. The van der Waals surface area contributed by atoms with Crippen molar-refractivity contribution in [1.82, 2.24) is 9.80 Å². The molecule has 0 bridgehead atoms. The summed E-state index contributed by atoms with van der Waals surface area (Å²) in [6.45, 7) is 7.26. The van der Waals surface area contributed by atoms with Crippen LogP contribution in [0.15, 0.2) is 42.5 Å². The molecular weight excluding hydrogens is 327 g/mol. The molecule has 2 aromatic carbocycles. The van der Waals surface area contributed by atoms with E-state index < -0.39 is 0 Å². The van der Waals surface area contributed by atoms with Crippen molar-refractivity contribution in [3.8, 4) is 0 Å². The summed E-state index contributed by atoms with van der Waals surface area (Å²) >= 11 is 0. The summed E-state index contributed by atoms with van der Waals surface area (Å²) in [6, 6.07) is 14.2. The number of aliphatic hydroxyl groups is 1. The van der Waals surface area contributed by atoms with Gasteiger partial charge in [-0.05, 0) is 42.2 Å². The second-order valence-electron chi connectivity index (χ2n) is 7.59. The molecule has 0 spiro atoms. The highest BCUT2D eigenvalue weighted by Gasteiger charge is 2.36. The number of benzene rings is 2. The van der Waals surface area contributed by atoms with Gasteiger partial charge < -0.3 is 5.11 Å². The lowest BCUT2D eigenvalue weighted by atomic mass is 9.92. The van der Waals surface area contributed by atoms with E-state index in [1.165, 1.54) is 22.3 Å². The van der Waals surface area contributed by atoms with Crippen molar-refractivity contribution in [2.75, 3.05) is 39.3 Å². The van der Waals surface area contributed by atoms with E-state index in [0.717, 1.165) is 39.1 Å². The summed E-state index contributed by atoms with van der Waals surface area (Å²) in [5.74, 6) is 0.166. The summed E-state index contributed by atoms with van der Waals surface area (Å²) in [7, 11) is 0. The number of nitrogens with zero attached hydrogens (tertiary/aromatic N) is 2. The molecule has 0 unspecified atom stereocenters. The normalized spacial score (nSPS) is 24.0. The lowest BCUT2D eigenvalue weighted by molar-refractivity contribution is 0.0827. The maximum absolute atomic E-state index is 13.4. The molecule has 1 aliphatic heterocycles. The fraction of sp³-hybridized carbons (Fsp3) is 0.455. The second kappa shape index (κ2) is 7.47. The Bertz CT molecular complexity index is 753. The second-order valence-corrected chi connectivity index (χ2v) is 7.59. The Balaban J connectivity index is 1.59. The van der Waals surface area contributed by atoms with E-state index >= 15 is 0 Å². The predicted molar refractivity (Wildman–Crippen MR) is 102 cm³/mol. The molecule has 1 N–H and O–H groups in total. The zero-order valence-electron chi connectivity index (χ0n) is 15.4. The fourth-order valence-electron chi connectivity index (χ4n) is 4.57. The summed E-state index contributed by atoms with van der Waals surface area (Å²) in [5, 5.41) is 9.15. The van der Waals surface area contributed by atoms with Crippen LogP contribution in [0.5, 0.6) is 0 Å².